The minimum atomic E-state index is -0.0323. The van der Waals surface area contributed by atoms with E-state index in [0.717, 1.165) is 12.0 Å². The van der Waals surface area contributed by atoms with Crippen LogP contribution in [0.1, 0.15) is 35.7 Å². The third-order valence-electron chi connectivity index (χ3n) is 3.02. The van der Waals surface area contributed by atoms with E-state index in [1.807, 2.05) is 12.1 Å². The van der Waals surface area contributed by atoms with Crippen molar-refractivity contribution in [2.24, 2.45) is 5.92 Å². The number of hydrogen-bond donors (Lipinski definition) is 2. The molecule has 0 aromatic heterocycles. The second-order valence-electron chi connectivity index (χ2n) is 4.65. The van der Waals surface area contributed by atoms with Crippen molar-refractivity contribution in [1.82, 2.24) is 5.32 Å². The summed E-state index contributed by atoms with van der Waals surface area (Å²) in [7, 11) is 0. The first-order valence-electron chi connectivity index (χ1n) is 6.21. The van der Waals surface area contributed by atoms with Crippen LogP contribution in [0.2, 0.25) is 0 Å². The molecule has 18 heavy (non-hydrogen) atoms. The van der Waals surface area contributed by atoms with Gasteiger partial charge in [-0.2, -0.15) is 0 Å². The molecule has 0 radical (unpaired) electrons. The maximum atomic E-state index is 11.9. The van der Waals surface area contributed by atoms with Crippen molar-refractivity contribution >= 4 is 5.91 Å². The Morgan fingerprint density at radius 2 is 2.33 bits per heavy atom. The fourth-order valence-electron chi connectivity index (χ4n) is 1.73. The number of carbonyl (C=O) groups is 1. The first kappa shape index (κ1) is 12.7. The highest BCUT2D eigenvalue weighted by atomic mass is 16.2. The Morgan fingerprint density at radius 1 is 1.56 bits per heavy atom. The van der Waals surface area contributed by atoms with Crippen molar-refractivity contribution in [3.05, 3.63) is 35.4 Å². The van der Waals surface area contributed by atoms with Crippen molar-refractivity contribution < 1.29 is 9.90 Å². The Hall–Kier alpha value is -1.79. The maximum absolute atomic E-state index is 11.9. The Labute approximate surface area is 107 Å². The van der Waals surface area contributed by atoms with Crippen LogP contribution in [0, 0.1) is 17.8 Å². The number of carbonyl (C=O) groups excluding carboxylic acids is 1. The van der Waals surface area contributed by atoms with E-state index in [4.69, 9.17) is 5.11 Å². The molecule has 2 N–H and O–H groups in total. The van der Waals surface area contributed by atoms with E-state index in [-0.39, 0.29) is 12.5 Å². The lowest BCUT2D eigenvalue weighted by molar-refractivity contribution is 0.0949. The molecule has 1 amide bonds. The second-order valence-corrected chi connectivity index (χ2v) is 4.65. The molecule has 0 aliphatic heterocycles. The zero-order chi connectivity index (χ0) is 13.0. The van der Waals surface area contributed by atoms with Gasteiger partial charge in [0.2, 0.25) is 0 Å². The average Bonchev–Trinajstić information content (AvgIpc) is 3.05. The van der Waals surface area contributed by atoms with Gasteiger partial charge in [0, 0.05) is 23.6 Å². The number of aliphatic hydroxyl groups excluding tert-OH is 1. The SMILES string of the molecule is CC1CC1NC(=O)c1cccc(C#CCCO)c1. The minimum Gasteiger partial charge on any atom is -0.395 e. The van der Waals surface area contributed by atoms with E-state index in [1.54, 1.807) is 12.1 Å². The molecule has 0 spiro atoms. The van der Waals surface area contributed by atoms with Gasteiger partial charge in [-0.1, -0.05) is 24.8 Å². The van der Waals surface area contributed by atoms with Crippen LogP contribution in [0.25, 0.3) is 0 Å². The zero-order valence-corrected chi connectivity index (χ0v) is 10.4. The summed E-state index contributed by atoms with van der Waals surface area (Å²) in [6.45, 7) is 2.19. The van der Waals surface area contributed by atoms with Crippen LogP contribution < -0.4 is 5.32 Å². The topological polar surface area (TPSA) is 49.3 Å². The minimum absolute atomic E-state index is 0.0323. The largest absolute Gasteiger partial charge is 0.395 e. The van der Waals surface area contributed by atoms with E-state index in [9.17, 15) is 4.79 Å². The summed E-state index contributed by atoms with van der Waals surface area (Å²) in [5, 5.41) is 11.6. The van der Waals surface area contributed by atoms with E-state index >= 15 is 0 Å². The highest BCUT2D eigenvalue weighted by Crippen LogP contribution is 2.29. The summed E-state index contributed by atoms with van der Waals surface area (Å²) in [6, 6.07) is 7.60. The molecule has 3 heteroatoms. The molecule has 3 nitrogen and oxygen atoms in total. The van der Waals surface area contributed by atoms with Crippen LogP contribution in [0.3, 0.4) is 0 Å². The number of amides is 1. The lowest BCUT2D eigenvalue weighted by atomic mass is 10.1. The van der Waals surface area contributed by atoms with Crippen molar-refractivity contribution in [3.63, 3.8) is 0 Å². The molecule has 2 atom stereocenters. The van der Waals surface area contributed by atoms with Crippen molar-refractivity contribution in [2.45, 2.75) is 25.8 Å². The highest BCUT2D eigenvalue weighted by Gasteiger charge is 2.33. The summed E-state index contributed by atoms with van der Waals surface area (Å²) in [5.74, 6) is 6.34. The van der Waals surface area contributed by atoms with E-state index < -0.39 is 0 Å². The summed E-state index contributed by atoms with van der Waals surface area (Å²) in [6.07, 6.45) is 1.53. The molecule has 0 bridgehead atoms. The number of benzene rings is 1. The molecular formula is C15H17NO2. The lowest BCUT2D eigenvalue weighted by Gasteiger charge is -2.03. The van der Waals surface area contributed by atoms with Gasteiger partial charge in [0.15, 0.2) is 0 Å². The van der Waals surface area contributed by atoms with Gasteiger partial charge in [0.05, 0.1) is 6.61 Å². The van der Waals surface area contributed by atoms with Crippen LogP contribution in [0.15, 0.2) is 24.3 Å². The van der Waals surface area contributed by atoms with Crippen molar-refractivity contribution in [2.75, 3.05) is 6.61 Å². The van der Waals surface area contributed by atoms with Gasteiger partial charge in [-0.15, -0.1) is 0 Å². The number of nitrogens with one attached hydrogen (secondary N) is 1. The number of rotatable bonds is 3. The number of aliphatic hydroxyl groups is 1. The molecule has 1 aromatic rings. The summed E-state index contributed by atoms with van der Waals surface area (Å²) in [5.41, 5.74) is 1.45. The van der Waals surface area contributed by atoms with E-state index in [0.29, 0.717) is 23.9 Å². The third-order valence-corrected chi connectivity index (χ3v) is 3.02. The Balaban J connectivity index is 2.02. The standard InChI is InChI=1S/C15H17NO2/c1-11-9-14(11)16-15(18)13-7-4-6-12(10-13)5-2-3-8-17/h4,6-7,10-11,14,17H,3,8-9H2,1H3,(H,16,18). The van der Waals surface area contributed by atoms with E-state index in [2.05, 4.69) is 24.1 Å². The van der Waals surface area contributed by atoms with Gasteiger partial charge in [0.25, 0.3) is 5.91 Å². The molecular weight excluding hydrogens is 226 g/mol. The van der Waals surface area contributed by atoms with Crippen LogP contribution in [0.4, 0.5) is 0 Å². The van der Waals surface area contributed by atoms with Gasteiger partial charge >= 0.3 is 0 Å². The normalized spacial score (nSPS) is 20.8. The van der Waals surface area contributed by atoms with Gasteiger partial charge < -0.3 is 10.4 Å². The van der Waals surface area contributed by atoms with Crippen LogP contribution >= 0.6 is 0 Å². The van der Waals surface area contributed by atoms with Crippen LogP contribution in [-0.2, 0) is 0 Å². The van der Waals surface area contributed by atoms with E-state index in [1.165, 1.54) is 0 Å². The Morgan fingerprint density at radius 3 is 3.00 bits per heavy atom. The number of hydrogen-bond acceptors (Lipinski definition) is 2. The predicted octanol–water partition coefficient (Wildman–Crippen LogP) is 1.56. The molecule has 0 heterocycles. The Kier molecular flexibility index (Phi) is 4.01. The molecule has 94 valence electrons. The third kappa shape index (κ3) is 3.35. The summed E-state index contributed by atoms with van der Waals surface area (Å²) in [4.78, 5) is 11.9. The maximum Gasteiger partial charge on any atom is 0.251 e. The quantitative estimate of drug-likeness (QED) is 0.791. The molecule has 2 rings (SSSR count). The smallest absolute Gasteiger partial charge is 0.251 e. The average molecular weight is 243 g/mol. The highest BCUT2D eigenvalue weighted by molar-refractivity contribution is 5.94. The van der Waals surface area contributed by atoms with Crippen molar-refractivity contribution in [3.8, 4) is 11.8 Å². The lowest BCUT2D eigenvalue weighted by Crippen LogP contribution is -2.26. The fraction of sp³-hybridized carbons (Fsp3) is 0.400. The Bertz CT molecular complexity index is 499. The molecule has 1 fully saturated rings. The second kappa shape index (κ2) is 5.70. The summed E-state index contributed by atoms with van der Waals surface area (Å²) >= 11 is 0. The summed E-state index contributed by atoms with van der Waals surface area (Å²) < 4.78 is 0. The molecule has 1 aromatic carbocycles. The molecule has 2 unspecified atom stereocenters. The van der Waals surface area contributed by atoms with Crippen molar-refractivity contribution in [1.29, 1.82) is 0 Å². The predicted molar refractivity (Wildman–Crippen MR) is 70.1 cm³/mol. The van der Waals surface area contributed by atoms with Gasteiger partial charge in [-0.3, -0.25) is 4.79 Å². The first-order valence-corrected chi connectivity index (χ1v) is 6.21. The molecule has 1 saturated carbocycles. The monoisotopic (exact) mass is 243 g/mol. The fourth-order valence-corrected chi connectivity index (χ4v) is 1.73. The van der Waals surface area contributed by atoms with Crippen LogP contribution in [0.5, 0.6) is 0 Å². The molecule has 1 aliphatic carbocycles. The van der Waals surface area contributed by atoms with Crippen LogP contribution in [-0.4, -0.2) is 23.7 Å². The molecule has 1 aliphatic rings. The molecule has 0 saturated heterocycles. The zero-order valence-electron chi connectivity index (χ0n) is 10.4. The van der Waals surface area contributed by atoms with Gasteiger partial charge in [0.1, 0.15) is 0 Å². The first-order chi connectivity index (χ1) is 8.70. The van der Waals surface area contributed by atoms with Gasteiger partial charge in [-0.25, -0.2) is 0 Å². The van der Waals surface area contributed by atoms with Gasteiger partial charge in [-0.05, 0) is 30.5 Å².